The van der Waals surface area contributed by atoms with Gasteiger partial charge in [-0.15, -0.1) is 0 Å². The zero-order valence-corrected chi connectivity index (χ0v) is 33.2. The molecule has 22 atom stereocenters. The minimum absolute atomic E-state index is 0.164. The van der Waals surface area contributed by atoms with Crippen molar-refractivity contribution < 1.29 is 123 Å². The van der Waals surface area contributed by atoms with Gasteiger partial charge in [0.05, 0.1) is 69.8 Å². The van der Waals surface area contributed by atoms with Gasteiger partial charge in [-0.1, -0.05) is 13.8 Å². The number of hydrogen-bond acceptors (Lipinski definition) is 25. The molecular weight excluding hydrogens is 820 g/mol. The summed E-state index contributed by atoms with van der Waals surface area (Å²) in [5.74, 6) is -7.59. The fourth-order valence-corrected chi connectivity index (χ4v) is 7.57. The highest BCUT2D eigenvalue weighted by Gasteiger charge is 2.59. The Kier molecular flexibility index (Phi) is 18.3. The summed E-state index contributed by atoms with van der Waals surface area (Å²) >= 11 is 0. The molecule has 0 aromatic heterocycles. The molecule has 13 N–H and O–H groups in total. The molecule has 0 bridgehead atoms. The van der Waals surface area contributed by atoms with Gasteiger partial charge in [-0.25, -0.2) is 0 Å². The van der Waals surface area contributed by atoms with E-state index in [-0.39, 0.29) is 12.9 Å². The van der Waals surface area contributed by atoms with Crippen molar-refractivity contribution in [3.05, 3.63) is 0 Å². The summed E-state index contributed by atoms with van der Waals surface area (Å²) in [6.45, 7) is 1.83. The van der Waals surface area contributed by atoms with Crippen LogP contribution < -0.4 is 0 Å². The third-order valence-electron chi connectivity index (χ3n) is 11.1. The zero-order chi connectivity index (χ0) is 44.9. The highest BCUT2D eigenvalue weighted by atomic mass is 16.9. The largest absolute Gasteiger partial charge is 0.410 e. The zero-order valence-electron chi connectivity index (χ0n) is 33.2. The van der Waals surface area contributed by atoms with Crippen molar-refractivity contribution >= 4 is 12.9 Å². The highest BCUT2D eigenvalue weighted by Crippen LogP contribution is 2.42. The molecule has 0 aromatic rings. The van der Waals surface area contributed by atoms with E-state index in [1.807, 2.05) is 0 Å². The van der Waals surface area contributed by atoms with Gasteiger partial charge in [0.15, 0.2) is 12.6 Å². The minimum atomic E-state index is -2.81. The summed E-state index contributed by atoms with van der Waals surface area (Å²) in [6, 6.07) is 0. The lowest BCUT2D eigenvalue weighted by Crippen LogP contribution is -2.67. The van der Waals surface area contributed by atoms with Crippen LogP contribution in [0.25, 0.3) is 0 Å². The molecule has 4 heterocycles. The van der Waals surface area contributed by atoms with Gasteiger partial charge in [-0.3, -0.25) is 9.59 Å². The monoisotopic (exact) mass is 880 g/mol. The fourth-order valence-electron chi connectivity index (χ4n) is 7.57. The number of aliphatic hydroxyl groups excluding tert-OH is 13. The molecule has 0 aliphatic carbocycles. The predicted molar refractivity (Wildman–Crippen MR) is 188 cm³/mol. The van der Waals surface area contributed by atoms with Gasteiger partial charge in [0.25, 0.3) is 12.9 Å². The molecule has 0 spiro atoms. The number of carbonyl (C=O) groups excluding carboxylic acids is 2. The molecule has 4 fully saturated rings. The third kappa shape index (κ3) is 11.1. The second-order valence-corrected chi connectivity index (χ2v) is 15.6. The van der Waals surface area contributed by atoms with Gasteiger partial charge in [0.2, 0.25) is 0 Å². The van der Waals surface area contributed by atoms with Gasteiger partial charge < -0.3 is 114 Å². The molecular formula is C35H60O25. The molecule has 25 heteroatoms. The molecule has 4 saturated heterocycles. The van der Waals surface area contributed by atoms with Gasteiger partial charge in [-0.2, -0.15) is 0 Å². The maximum absolute atomic E-state index is 12.0. The second kappa shape index (κ2) is 21.7. The third-order valence-corrected chi connectivity index (χ3v) is 11.1. The summed E-state index contributed by atoms with van der Waals surface area (Å²) in [6.07, 6.45) is -33.9. The van der Waals surface area contributed by atoms with Crippen molar-refractivity contribution in [1.82, 2.24) is 0 Å². The van der Waals surface area contributed by atoms with Crippen LogP contribution in [-0.4, -0.2) is 234 Å². The first-order chi connectivity index (χ1) is 28.3. The number of carbonyl (C=O) groups is 2. The number of rotatable bonds is 20. The number of hydrogen-bond donors (Lipinski definition) is 13. The molecule has 6 unspecified atom stereocenters. The number of aliphatic hydroxyl groups is 13. The van der Waals surface area contributed by atoms with Crippen LogP contribution in [0.15, 0.2) is 0 Å². The molecule has 0 radical (unpaired) electrons. The first-order valence-corrected chi connectivity index (χ1v) is 19.4. The summed E-state index contributed by atoms with van der Waals surface area (Å²) in [5.41, 5.74) is 0. The van der Waals surface area contributed by atoms with E-state index >= 15 is 0 Å². The Morgan fingerprint density at radius 1 is 0.667 bits per heavy atom. The maximum atomic E-state index is 12.0. The van der Waals surface area contributed by atoms with E-state index in [2.05, 4.69) is 0 Å². The molecule has 350 valence electrons. The van der Waals surface area contributed by atoms with E-state index in [1.165, 1.54) is 13.8 Å². The molecule has 60 heavy (non-hydrogen) atoms. The predicted octanol–water partition coefficient (Wildman–Crippen LogP) is -7.26. The molecule has 0 amide bonds. The van der Waals surface area contributed by atoms with Crippen LogP contribution in [0.2, 0.25) is 0 Å². The molecule has 4 aliphatic heterocycles. The molecule has 25 nitrogen and oxygen atoms in total. The van der Waals surface area contributed by atoms with E-state index in [4.69, 9.17) is 47.4 Å². The van der Waals surface area contributed by atoms with Crippen molar-refractivity contribution in [2.45, 2.75) is 169 Å². The lowest BCUT2D eigenvalue weighted by atomic mass is 9.86. The van der Waals surface area contributed by atoms with Crippen LogP contribution in [0, 0.1) is 11.8 Å². The normalized spacial score (nSPS) is 44.7. The Labute approximate surface area is 343 Å². The first-order valence-electron chi connectivity index (χ1n) is 19.4. The van der Waals surface area contributed by atoms with Crippen molar-refractivity contribution in [2.24, 2.45) is 11.8 Å². The molecule has 0 aromatic carbocycles. The molecule has 4 rings (SSSR count). The van der Waals surface area contributed by atoms with E-state index in [9.17, 15) is 76.0 Å². The average molecular weight is 881 g/mol. The highest BCUT2D eigenvalue weighted by molar-refractivity contribution is 5.38. The molecule has 4 aliphatic rings. The minimum Gasteiger partial charge on any atom is -0.410 e. The van der Waals surface area contributed by atoms with E-state index in [0.29, 0.717) is 0 Å². The summed E-state index contributed by atoms with van der Waals surface area (Å²) in [7, 11) is 0. The van der Waals surface area contributed by atoms with E-state index in [0.717, 1.165) is 0 Å². The maximum Gasteiger partial charge on any atom is 0.332 e. The Morgan fingerprint density at radius 3 is 1.73 bits per heavy atom. The van der Waals surface area contributed by atoms with Crippen LogP contribution in [-0.2, 0) is 57.0 Å². The van der Waals surface area contributed by atoms with Crippen molar-refractivity contribution in [3.8, 4) is 0 Å². The fraction of sp³-hybridized carbons (Fsp3) is 0.943. The van der Waals surface area contributed by atoms with Crippen molar-refractivity contribution in [1.29, 1.82) is 0 Å². The lowest BCUT2D eigenvalue weighted by molar-refractivity contribution is -0.456. The van der Waals surface area contributed by atoms with E-state index < -0.39 is 179 Å². The van der Waals surface area contributed by atoms with Crippen LogP contribution in [0.5, 0.6) is 0 Å². The SMILES string of the molecule is CC(C)O[C@@H]1OC(CO)[C@@H](O[C@@H]2OC(CO)[C@H](O)[C@H](O[C@]3(OC=O)C[C@@H](O)[C@@H](C)C([C@H](O)[C@@H](CO)O[C@]4(OC=O)C[C@@H](O)[C@@H](C)C([C@H](O)[C@H](O)CO)O4)O3)C2O)[C@H](O)C1O. The first kappa shape index (κ1) is 50.7. The Bertz CT molecular complexity index is 1330. The van der Waals surface area contributed by atoms with E-state index in [1.54, 1.807) is 13.8 Å². The quantitative estimate of drug-likeness (QED) is 0.0399. The van der Waals surface area contributed by atoms with Crippen LogP contribution >= 0.6 is 0 Å². The Hall–Kier alpha value is -1.90. The summed E-state index contributed by atoms with van der Waals surface area (Å²) in [4.78, 5) is 23.6. The Balaban J connectivity index is 1.61. The smallest absolute Gasteiger partial charge is 0.332 e. The molecule has 0 saturated carbocycles. The lowest BCUT2D eigenvalue weighted by Gasteiger charge is -2.51. The second-order valence-electron chi connectivity index (χ2n) is 15.6. The summed E-state index contributed by atoms with van der Waals surface area (Å²) in [5, 5.41) is 139. The topological polar surface area (TPSA) is 389 Å². The standard InChI is InChI=1S/C35H60O25/c1-13(2)53-32-26(49)25(48)30(21(10-39)55-32)56-33-27(50)31(23(46)19(8-37)54-33)60-35(52-12-41)6-17(43)15(4)29(59-35)24(47)20(9-38)57-34(51-11-40)5-16(42)14(3)28(58-34)22(45)18(44)7-36/h11-33,36-39,42-50H,5-10H2,1-4H3/t14-,15-,16-,17-,18-,19?,20-,21?,22-,23+,24-,25-,26?,27?,28?,29?,30-,31+,32-,33+,34-,35+/m1/s1. The van der Waals surface area contributed by atoms with Crippen LogP contribution in [0.4, 0.5) is 0 Å². The van der Waals surface area contributed by atoms with Crippen LogP contribution in [0.1, 0.15) is 40.5 Å². The van der Waals surface area contributed by atoms with Gasteiger partial charge in [0, 0.05) is 11.8 Å². The Morgan fingerprint density at radius 2 is 1.20 bits per heavy atom. The average Bonchev–Trinajstić information content (AvgIpc) is 3.21. The van der Waals surface area contributed by atoms with Gasteiger partial charge in [0.1, 0.15) is 73.2 Å². The van der Waals surface area contributed by atoms with Crippen molar-refractivity contribution in [3.63, 3.8) is 0 Å². The van der Waals surface area contributed by atoms with Crippen molar-refractivity contribution in [2.75, 3.05) is 26.4 Å². The van der Waals surface area contributed by atoms with Crippen LogP contribution in [0.3, 0.4) is 0 Å². The van der Waals surface area contributed by atoms with Gasteiger partial charge in [-0.05, 0) is 13.8 Å². The summed E-state index contributed by atoms with van der Waals surface area (Å²) < 4.78 is 55.8. The van der Waals surface area contributed by atoms with Gasteiger partial charge >= 0.3 is 11.9 Å². The number of ether oxygens (including phenoxy) is 10.